The van der Waals surface area contributed by atoms with Crippen LogP contribution in [0.25, 0.3) is 32.3 Å². The average molecular weight is 1430 g/mol. The Hall–Kier alpha value is -6.28. The first kappa shape index (κ1) is 66.5. The highest BCUT2D eigenvalue weighted by Crippen LogP contribution is 2.74. The molecule has 3 aromatic heterocycles. The fourth-order valence-electron chi connectivity index (χ4n) is 29.0. The second-order valence-electron chi connectivity index (χ2n) is 39.5. The number of benzene rings is 3. The molecule has 9 aliphatic carbocycles. The number of aromatic nitrogens is 3. The molecule has 554 valence electrons. The Morgan fingerprint density at radius 3 is 1.17 bits per heavy atom. The van der Waals surface area contributed by atoms with Gasteiger partial charge >= 0.3 is 0 Å². The number of Topliss-reactive ketones (excluding diaryl/α,β-unsaturated/α-hetero) is 1. The van der Waals surface area contributed by atoms with E-state index in [-0.39, 0.29) is 49.9 Å². The minimum Gasteiger partial charge on any atom is -0.380 e. The average Bonchev–Trinajstić information content (AvgIpc) is 1.54. The predicted octanol–water partition coefficient (Wildman–Crippen LogP) is 19.2. The Bertz CT molecular complexity index is 4730. The van der Waals surface area contributed by atoms with Crippen LogP contribution in [-0.2, 0) is 28.5 Å². The summed E-state index contributed by atoms with van der Waals surface area (Å²) in [6, 6.07) is 28.9. The van der Waals surface area contributed by atoms with Crippen molar-refractivity contribution in [2.24, 2.45) is 44.8 Å². The highest BCUT2D eigenvalue weighted by molar-refractivity contribution is 5.85. The smallest absolute Gasteiger partial charge is 0.136 e. The van der Waals surface area contributed by atoms with Crippen LogP contribution in [0.2, 0.25) is 0 Å². The summed E-state index contributed by atoms with van der Waals surface area (Å²) in [5.41, 5.74) is 14.6. The van der Waals surface area contributed by atoms with Crippen LogP contribution in [0, 0.1) is 44.8 Å². The van der Waals surface area contributed by atoms with Crippen LogP contribution >= 0.6 is 0 Å². The van der Waals surface area contributed by atoms with E-state index >= 15 is 0 Å². The van der Waals surface area contributed by atoms with Gasteiger partial charge in [0.25, 0.3) is 0 Å². The molecule has 6 saturated carbocycles. The quantitative estimate of drug-likeness (QED) is 0.165. The molecule has 6 aromatic rings. The van der Waals surface area contributed by atoms with Gasteiger partial charge in [-0.1, -0.05) is 93.6 Å². The van der Waals surface area contributed by atoms with E-state index in [2.05, 4.69) is 155 Å². The number of pyridine rings is 3. The van der Waals surface area contributed by atoms with E-state index in [1.54, 1.807) is 11.1 Å². The molecule has 19 aliphatic rings. The maximum absolute atomic E-state index is 12.4. The first-order valence-electron chi connectivity index (χ1n) is 42.6. The van der Waals surface area contributed by atoms with Gasteiger partial charge < -0.3 is 23.7 Å². The van der Waals surface area contributed by atoms with Gasteiger partial charge in [-0.25, -0.2) is 0 Å². The lowest BCUT2D eigenvalue weighted by Crippen LogP contribution is -2.55. The number of rotatable bonds is 5. The lowest BCUT2D eigenvalue weighted by molar-refractivity contribution is -0.146. The largest absolute Gasteiger partial charge is 0.380 e. The summed E-state index contributed by atoms with van der Waals surface area (Å²) in [5.74, 6) is 3.80. The Labute approximate surface area is 632 Å². The highest BCUT2D eigenvalue weighted by Gasteiger charge is 2.71. The molecule has 17 atom stereocenters. The predicted molar refractivity (Wildman–Crippen MR) is 419 cm³/mol. The molecule has 3 aromatic carbocycles. The zero-order chi connectivity index (χ0) is 71.2. The Morgan fingerprint density at radius 2 is 0.785 bits per heavy atom. The number of hydrogen-bond acceptors (Lipinski definition) is 11. The second-order valence-corrected chi connectivity index (χ2v) is 39.5. The molecule has 0 amide bonds. The van der Waals surface area contributed by atoms with Crippen LogP contribution in [0.15, 0.2) is 180 Å². The Kier molecular flexibility index (Phi) is 14.6. The third-order valence-corrected chi connectivity index (χ3v) is 34.6. The molecular formula is C96H109N5O6. The van der Waals surface area contributed by atoms with Crippen molar-refractivity contribution >= 4 is 38.1 Å². The SMILES string of the molecule is C[C@]12CC=C3C=C4CCC(=O)C[C@]45CCC3(O5)[C@@H]1CC[C@@H]2c1ccc2ccncc2c1.C[C@]12CC=C3C=C4CC[C@@H](N5CCC6(COC6)C5)C[C@]45CCC3(O5)[C@@H]1CC[C@@H]2c1ccc2ccncc2c1.C[C@]12CC=C3C=C4CC[C@H](N5CCC6(COC6)C5)C[C@]45CCC3(O5)[C@@H]1CC[C@@H]2c1ccc2ccncc2c1. The highest BCUT2D eigenvalue weighted by atomic mass is 16.5. The fourth-order valence-corrected chi connectivity index (χ4v) is 29.0. The maximum atomic E-state index is 12.4. The van der Waals surface area contributed by atoms with E-state index in [1.807, 2.05) is 37.2 Å². The van der Waals surface area contributed by atoms with Gasteiger partial charge in [-0.15, -0.1) is 0 Å². The summed E-state index contributed by atoms with van der Waals surface area (Å²) < 4.78 is 33.6. The lowest BCUT2D eigenvalue weighted by Gasteiger charge is -2.55. The van der Waals surface area contributed by atoms with Crippen molar-refractivity contribution in [3.63, 3.8) is 0 Å². The molecule has 11 heteroatoms. The molecule has 0 N–H and O–H groups in total. The normalized spacial score (nSPS) is 42.2. The van der Waals surface area contributed by atoms with E-state index < -0.39 is 0 Å². The molecular weight excluding hydrogens is 1320 g/mol. The van der Waals surface area contributed by atoms with Gasteiger partial charge in [-0.05, 0) is 322 Å². The monoisotopic (exact) mass is 1430 g/mol. The molecule has 25 rings (SSSR count). The summed E-state index contributed by atoms with van der Waals surface area (Å²) >= 11 is 0. The Morgan fingerprint density at radius 1 is 0.402 bits per heavy atom. The van der Waals surface area contributed by atoms with Crippen LogP contribution in [0.3, 0.4) is 0 Å². The van der Waals surface area contributed by atoms with Crippen molar-refractivity contribution in [1.82, 2.24) is 24.8 Å². The molecule has 10 aliphatic heterocycles. The maximum Gasteiger partial charge on any atom is 0.136 e. The van der Waals surface area contributed by atoms with Crippen LogP contribution in [0.5, 0.6) is 0 Å². The molecule has 8 spiro atoms. The molecule has 7 saturated heterocycles. The van der Waals surface area contributed by atoms with E-state index in [1.165, 1.54) is 226 Å². The van der Waals surface area contributed by atoms with Crippen molar-refractivity contribution in [3.8, 4) is 0 Å². The number of carbonyl (C=O) groups excluding carboxylic acids is 1. The molecule has 107 heavy (non-hydrogen) atoms. The third kappa shape index (κ3) is 9.55. The summed E-state index contributed by atoms with van der Waals surface area (Å²) in [7, 11) is 0. The van der Waals surface area contributed by atoms with E-state index in [9.17, 15) is 4.79 Å². The van der Waals surface area contributed by atoms with Crippen LogP contribution in [0.4, 0.5) is 0 Å². The number of likely N-dealkylation sites (tertiary alicyclic amines) is 2. The van der Waals surface area contributed by atoms with Gasteiger partial charge in [0.05, 0.1) is 60.0 Å². The zero-order valence-electron chi connectivity index (χ0n) is 63.7. The van der Waals surface area contributed by atoms with Gasteiger partial charge in [-0.2, -0.15) is 0 Å². The van der Waals surface area contributed by atoms with Crippen LogP contribution in [-0.4, -0.2) is 129 Å². The number of ether oxygens (including phenoxy) is 5. The van der Waals surface area contributed by atoms with Crippen molar-refractivity contribution in [3.05, 3.63) is 197 Å². The summed E-state index contributed by atoms with van der Waals surface area (Å²) in [6.07, 6.45) is 57.3. The number of carbonyl (C=O) groups is 1. The zero-order valence-corrected chi connectivity index (χ0v) is 63.7. The standard InChI is InChI=1S/2C34H40N2O2.C28H29NO2/c2*1-31-10-8-27-17-26-4-5-28(36-15-13-32(20-36)21-37-22-32)18-33(26)11-12-34(27,38-33)30(31)7-6-29(31)24-3-2-23-9-14-35-19-25(23)16-24;1-26-10-8-22-15-21-4-5-23(30)16-27(21)11-12-28(22,31-27)25(26)7-6-24(26)19-3-2-18-9-13-29-17-20(18)14-19/h2*2-3,8-9,14,16-17,19,28-30H,4-7,10-13,15,18,20-22H2,1H3;2-3,8-9,13-15,17,24-25H,4-7,10-12,16H2,1H3/t28-,29+,30+,31+,33+,34?;28-,29-,30-,31-,33-,34?;24-,25-,26-,27-,28?/m011/s1. The minimum atomic E-state index is -0.294. The Balaban J connectivity index is 0.0000000978. The van der Waals surface area contributed by atoms with Crippen LogP contribution < -0.4 is 0 Å². The molecule has 13 heterocycles. The first-order valence-corrected chi connectivity index (χ1v) is 42.6. The van der Waals surface area contributed by atoms with E-state index in [0.29, 0.717) is 77.0 Å². The molecule has 0 radical (unpaired) electrons. The van der Waals surface area contributed by atoms with Crippen molar-refractivity contribution in [2.75, 3.05) is 52.6 Å². The van der Waals surface area contributed by atoms with Gasteiger partial charge in [0, 0.05) is 102 Å². The topological polar surface area (TPSA) is 108 Å². The van der Waals surface area contributed by atoms with Gasteiger partial charge in [0.15, 0.2) is 0 Å². The van der Waals surface area contributed by atoms with Gasteiger partial charge in [0.2, 0.25) is 0 Å². The fraction of sp³-hybridized carbons (Fsp3) is 0.583. The third-order valence-electron chi connectivity index (χ3n) is 34.6. The number of hydrogen-bond donors (Lipinski definition) is 0. The summed E-state index contributed by atoms with van der Waals surface area (Å²) in [4.78, 5) is 31.2. The number of nitrogens with zero attached hydrogens (tertiary/aromatic N) is 5. The van der Waals surface area contributed by atoms with Gasteiger partial charge in [-0.3, -0.25) is 29.5 Å². The first-order chi connectivity index (χ1) is 52.0. The van der Waals surface area contributed by atoms with Crippen molar-refractivity contribution < 1.29 is 28.5 Å². The summed E-state index contributed by atoms with van der Waals surface area (Å²) in [6.45, 7) is 16.6. The van der Waals surface area contributed by atoms with Crippen molar-refractivity contribution in [1.29, 1.82) is 0 Å². The van der Waals surface area contributed by atoms with Gasteiger partial charge in [0.1, 0.15) is 5.78 Å². The summed E-state index contributed by atoms with van der Waals surface area (Å²) in [5, 5.41) is 7.62. The molecule has 13 fully saturated rings. The van der Waals surface area contributed by atoms with Crippen molar-refractivity contribution in [2.45, 2.75) is 251 Å². The molecule has 11 nitrogen and oxygen atoms in total. The lowest BCUT2D eigenvalue weighted by atomic mass is 9.58. The number of fused-ring (bicyclic) bond motifs is 6. The molecule has 6 bridgehead atoms. The minimum absolute atomic E-state index is 0.0168. The van der Waals surface area contributed by atoms with E-state index in [0.717, 1.165) is 52.1 Å². The molecule has 3 unspecified atom stereocenters. The second kappa shape index (κ2) is 23.4. The van der Waals surface area contributed by atoms with Crippen LogP contribution in [0.1, 0.15) is 222 Å². The number of ketones is 1. The van der Waals surface area contributed by atoms with E-state index in [4.69, 9.17) is 23.7 Å². The number of allylic oxidation sites excluding steroid dienone is 3.